The molecule has 0 unspecified atom stereocenters. The third-order valence-corrected chi connectivity index (χ3v) is 2.64. The van der Waals surface area contributed by atoms with Gasteiger partial charge in [-0.25, -0.2) is 8.78 Å². The predicted molar refractivity (Wildman–Crippen MR) is 53.2 cm³/mol. The van der Waals surface area contributed by atoms with Crippen LogP contribution in [0, 0.1) is 5.82 Å². The van der Waals surface area contributed by atoms with Crippen LogP contribution in [0.5, 0.6) is 5.75 Å². The summed E-state index contributed by atoms with van der Waals surface area (Å²) in [4.78, 5) is 0. The number of alkyl halides is 1. The van der Waals surface area contributed by atoms with Crippen LogP contribution in [0.25, 0.3) is 0 Å². The zero-order valence-corrected chi connectivity index (χ0v) is 8.47. The third kappa shape index (κ3) is 2.09. The second-order valence-electron chi connectivity index (χ2n) is 3.68. The lowest BCUT2D eigenvalue weighted by Crippen LogP contribution is -2.14. The Morgan fingerprint density at radius 3 is 2.87 bits per heavy atom. The molecule has 2 nitrogen and oxygen atoms in total. The zero-order chi connectivity index (χ0) is 10.8. The molecule has 0 aromatic heterocycles. The van der Waals surface area contributed by atoms with Crippen molar-refractivity contribution in [2.24, 2.45) is 0 Å². The first-order valence-corrected chi connectivity index (χ1v) is 4.91. The van der Waals surface area contributed by atoms with E-state index in [1.54, 1.807) is 6.07 Å². The Morgan fingerprint density at radius 1 is 1.47 bits per heavy atom. The van der Waals surface area contributed by atoms with E-state index in [-0.39, 0.29) is 11.9 Å². The van der Waals surface area contributed by atoms with Gasteiger partial charge in [-0.1, -0.05) is 0 Å². The molecule has 82 valence electrons. The first-order valence-electron chi connectivity index (χ1n) is 4.91. The molecule has 0 amide bonds. The van der Waals surface area contributed by atoms with Crippen LogP contribution in [0.3, 0.4) is 0 Å². The summed E-state index contributed by atoms with van der Waals surface area (Å²) in [6.45, 7) is 0.324. The van der Waals surface area contributed by atoms with E-state index >= 15 is 0 Å². The normalized spacial score (nSPS) is 25.5. The van der Waals surface area contributed by atoms with Crippen molar-refractivity contribution in [3.05, 3.63) is 29.6 Å². The van der Waals surface area contributed by atoms with E-state index < -0.39 is 6.17 Å². The second kappa shape index (κ2) is 4.14. The van der Waals surface area contributed by atoms with Crippen molar-refractivity contribution in [3.63, 3.8) is 0 Å². The van der Waals surface area contributed by atoms with Gasteiger partial charge in [0.1, 0.15) is 17.7 Å². The molecule has 15 heavy (non-hydrogen) atoms. The summed E-state index contributed by atoms with van der Waals surface area (Å²) in [5, 5.41) is 3.00. The van der Waals surface area contributed by atoms with Crippen molar-refractivity contribution in [2.75, 3.05) is 13.7 Å². The molecule has 1 fully saturated rings. The number of hydrogen-bond donors (Lipinski definition) is 1. The number of methoxy groups -OCH3 is 1. The molecule has 1 saturated heterocycles. The van der Waals surface area contributed by atoms with Gasteiger partial charge >= 0.3 is 0 Å². The van der Waals surface area contributed by atoms with Gasteiger partial charge in [-0.15, -0.1) is 0 Å². The van der Waals surface area contributed by atoms with Gasteiger partial charge < -0.3 is 10.1 Å². The van der Waals surface area contributed by atoms with Gasteiger partial charge in [-0.3, -0.25) is 0 Å². The highest BCUT2D eigenvalue weighted by atomic mass is 19.1. The van der Waals surface area contributed by atoms with Crippen LogP contribution in [0.4, 0.5) is 8.78 Å². The molecule has 2 atom stereocenters. The SMILES string of the molecule is COc1ccc(F)cc1[C@H]1C[C@H](F)CN1. The maximum absolute atomic E-state index is 13.1. The summed E-state index contributed by atoms with van der Waals surface area (Å²) in [5.74, 6) is 0.276. The molecule has 1 aliphatic rings. The van der Waals surface area contributed by atoms with Crippen molar-refractivity contribution >= 4 is 0 Å². The fourth-order valence-electron chi connectivity index (χ4n) is 1.91. The van der Waals surface area contributed by atoms with Crippen LogP contribution in [-0.2, 0) is 0 Å². The van der Waals surface area contributed by atoms with Crippen molar-refractivity contribution in [1.82, 2.24) is 5.32 Å². The van der Waals surface area contributed by atoms with Crippen molar-refractivity contribution in [1.29, 1.82) is 0 Å². The van der Waals surface area contributed by atoms with Gasteiger partial charge in [0.15, 0.2) is 0 Å². The Hall–Kier alpha value is -1.16. The number of hydrogen-bond acceptors (Lipinski definition) is 2. The molecule has 0 saturated carbocycles. The van der Waals surface area contributed by atoms with Crippen LogP contribution in [0.15, 0.2) is 18.2 Å². The molecule has 2 rings (SSSR count). The lowest BCUT2D eigenvalue weighted by atomic mass is 10.0. The van der Waals surface area contributed by atoms with Crippen LogP contribution in [-0.4, -0.2) is 19.8 Å². The molecule has 0 aliphatic carbocycles. The average molecular weight is 213 g/mol. The number of halogens is 2. The Kier molecular flexibility index (Phi) is 2.86. The van der Waals surface area contributed by atoms with Crippen molar-refractivity contribution in [3.8, 4) is 5.75 Å². The maximum atomic E-state index is 13.1. The van der Waals surface area contributed by atoms with Gasteiger partial charge in [-0.05, 0) is 24.6 Å². The van der Waals surface area contributed by atoms with Gasteiger partial charge in [0.25, 0.3) is 0 Å². The Morgan fingerprint density at radius 2 is 2.27 bits per heavy atom. The summed E-state index contributed by atoms with van der Waals surface area (Å²) >= 11 is 0. The van der Waals surface area contributed by atoms with E-state index in [9.17, 15) is 8.78 Å². The second-order valence-corrected chi connectivity index (χ2v) is 3.68. The third-order valence-electron chi connectivity index (χ3n) is 2.64. The minimum Gasteiger partial charge on any atom is -0.496 e. The van der Waals surface area contributed by atoms with E-state index in [0.717, 1.165) is 0 Å². The minimum absolute atomic E-state index is 0.148. The quantitative estimate of drug-likeness (QED) is 0.813. The first kappa shape index (κ1) is 10.4. The molecule has 1 N–H and O–H groups in total. The van der Waals surface area contributed by atoms with Gasteiger partial charge in [0.05, 0.1) is 7.11 Å². The summed E-state index contributed by atoms with van der Waals surface area (Å²) in [5.41, 5.74) is 0.692. The molecule has 1 aliphatic heterocycles. The van der Waals surface area contributed by atoms with Crippen molar-refractivity contribution < 1.29 is 13.5 Å². The Balaban J connectivity index is 2.29. The molecule has 1 heterocycles. The number of ether oxygens (including phenoxy) is 1. The maximum Gasteiger partial charge on any atom is 0.123 e. The van der Waals surface area contributed by atoms with E-state index in [1.165, 1.54) is 19.2 Å². The highest BCUT2D eigenvalue weighted by Gasteiger charge is 2.27. The molecule has 1 aromatic carbocycles. The topological polar surface area (TPSA) is 21.3 Å². The average Bonchev–Trinajstić information content (AvgIpc) is 2.65. The molecule has 0 bridgehead atoms. The number of nitrogens with one attached hydrogen (secondary N) is 1. The molecule has 0 radical (unpaired) electrons. The van der Waals surface area contributed by atoms with Crippen LogP contribution >= 0.6 is 0 Å². The van der Waals surface area contributed by atoms with Crippen LogP contribution in [0.1, 0.15) is 18.0 Å². The van der Waals surface area contributed by atoms with E-state index in [1.807, 2.05) is 0 Å². The van der Waals surface area contributed by atoms with E-state index in [4.69, 9.17) is 4.74 Å². The summed E-state index contributed by atoms with van der Waals surface area (Å²) in [7, 11) is 1.53. The van der Waals surface area contributed by atoms with E-state index in [2.05, 4.69) is 5.32 Å². The molecular formula is C11H13F2NO. The van der Waals surface area contributed by atoms with Crippen LogP contribution < -0.4 is 10.1 Å². The molecule has 1 aromatic rings. The lowest BCUT2D eigenvalue weighted by molar-refractivity contribution is 0.353. The monoisotopic (exact) mass is 213 g/mol. The molecule has 0 spiro atoms. The van der Waals surface area contributed by atoms with Gasteiger partial charge in [0, 0.05) is 18.2 Å². The smallest absolute Gasteiger partial charge is 0.123 e. The fourth-order valence-corrected chi connectivity index (χ4v) is 1.91. The molecular weight excluding hydrogens is 200 g/mol. The predicted octanol–water partition coefficient (Wildman–Crippen LogP) is 2.21. The Bertz CT molecular complexity index is 356. The van der Waals surface area contributed by atoms with Gasteiger partial charge in [0.2, 0.25) is 0 Å². The highest BCUT2D eigenvalue weighted by molar-refractivity contribution is 5.37. The first-order chi connectivity index (χ1) is 7.20. The minimum atomic E-state index is -0.858. The fraction of sp³-hybridized carbons (Fsp3) is 0.455. The number of rotatable bonds is 2. The van der Waals surface area contributed by atoms with Gasteiger partial charge in [-0.2, -0.15) is 0 Å². The summed E-state index contributed by atoms with van der Waals surface area (Å²) in [6, 6.07) is 4.15. The lowest BCUT2D eigenvalue weighted by Gasteiger charge is -2.14. The van der Waals surface area contributed by atoms with Crippen LogP contribution in [0.2, 0.25) is 0 Å². The highest BCUT2D eigenvalue weighted by Crippen LogP contribution is 2.32. The summed E-state index contributed by atoms with van der Waals surface area (Å²) in [6.07, 6.45) is -0.484. The standard InChI is InChI=1S/C11H13F2NO/c1-15-11-3-2-7(12)4-9(11)10-5-8(13)6-14-10/h2-4,8,10,14H,5-6H2,1H3/t8-,10+/m0/s1. The molecule has 4 heteroatoms. The Labute approximate surface area is 87.2 Å². The largest absolute Gasteiger partial charge is 0.496 e. The number of benzene rings is 1. The summed E-state index contributed by atoms with van der Waals surface area (Å²) < 4.78 is 31.2. The van der Waals surface area contributed by atoms with E-state index in [0.29, 0.717) is 24.3 Å². The zero-order valence-electron chi connectivity index (χ0n) is 8.47. The van der Waals surface area contributed by atoms with Crippen molar-refractivity contribution in [2.45, 2.75) is 18.6 Å².